The van der Waals surface area contributed by atoms with Crippen LogP contribution in [0.1, 0.15) is 0 Å². The molecule has 0 aliphatic heterocycles. The predicted octanol–water partition coefficient (Wildman–Crippen LogP) is 12.6. The van der Waals surface area contributed by atoms with Crippen LogP contribution < -0.4 is 0 Å². The molecule has 4 heteroatoms. The number of aromatic nitrogens is 3. The van der Waals surface area contributed by atoms with Crippen LogP contribution in [-0.2, 0) is 0 Å². The van der Waals surface area contributed by atoms with Crippen LogP contribution in [0.5, 0.6) is 0 Å². The van der Waals surface area contributed by atoms with Gasteiger partial charge in [-0.25, -0.2) is 9.97 Å². The molecule has 3 heterocycles. The Labute approximate surface area is 293 Å². The standard InChI is InChI=1S/C46H29N3S/c1-4-12-32(13-5-1)43-45-44(48-46(47-43)33-14-6-2-7-15-33)39-29-35(25-27-42(39)50-45)31-22-20-30(21-23-31)34-24-26-41-38(28-34)37-18-10-11-19-40(37)49(41)36-16-8-3-9-17-36/h1-29H. The van der Waals surface area contributed by atoms with E-state index in [1.165, 1.54) is 54.4 Å². The second kappa shape index (κ2) is 11.7. The molecule has 50 heavy (non-hydrogen) atoms. The summed E-state index contributed by atoms with van der Waals surface area (Å²) in [5.74, 6) is 0.746. The lowest BCUT2D eigenvalue weighted by atomic mass is 9.98. The summed E-state index contributed by atoms with van der Waals surface area (Å²) in [7, 11) is 0. The van der Waals surface area contributed by atoms with Crippen LogP contribution in [0.4, 0.5) is 0 Å². The minimum atomic E-state index is 0.746. The van der Waals surface area contributed by atoms with Gasteiger partial charge in [-0.05, 0) is 64.7 Å². The average molecular weight is 656 g/mol. The Kier molecular flexibility index (Phi) is 6.68. The highest BCUT2D eigenvalue weighted by Crippen LogP contribution is 2.41. The molecular weight excluding hydrogens is 627 g/mol. The van der Waals surface area contributed by atoms with Gasteiger partial charge in [-0.2, -0.15) is 0 Å². The number of nitrogens with zero attached hydrogens (tertiary/aromatic N) is 3. The molecule has 0 saturated heterocycles. The van der Waals surface area contributed by atoms with Crippen molar-refractivity contribution in [2.24, 2.45) is 0 Å². The molecule has 0 aliphatic rings. The van der Waals surface area contributed by atoms with Gasteiger partial charge in [0, 0.05) is 37.7 Å². The summed E-state index contributed by atoms with van der Waals surface area (Å²) in [4.78, 5) is 10.3. The summed E-state index contributed by atoms with van der Waals surface area (Å²) in [6.45, 7) is 0. The van der Waals surface area contributed by atoms with E-state index in [-0.39, 0.29) is 0 Å². The fourth-order valence-corrected chi connectivity index (χ4v) is 8.33. The van der Waals surface area contributed by atoms with E-state index in [1.54, 1.807) is 11.3 Å². The van der Waals surface area contributed by atoms with Crippen molar-refractivity contribution >= 4 is 53.4 Å². The van der Waals surface area contributed by atoms with Gasteiger partial charge in [-0.3, -0.25) is 0 Å². The summed E-state index contributed by atoms with van der Waals surface area (Å²) >= 11 is 1.77. The Hall–Kier alpha value is -6.36. The predicted molar refractivity (Wildman–Crippen MR) is 211 cm³/mol. The molecular formula is C46H29N3S. The zero-order valence-electron chi connectivity index (χ0n) is 27.0. The molecule has 3 aromatic heterocycles. The van der Waals surface area contributed by atoms with Crippen LogP contribution in [0, 0.1) is 0 Å². The van der Waals surface area contributed by atoms with Gasteiger partial charge in [-0.15, -0.1) is 11.3 Å². The molecule has 10 rings (SSSR count). The van der Waals surface area contributed by atoms with Gasteiger partial charge in [0.25, 0.3) is 0 Å². The van der Waals surface area contributed by atoms with E-state index >= 15 is 0 Å². The minimum Gasteiger partial charge on any atom is -0.309 e. The van der Waals surface area contributed by atoms with Crippen molar-refractivity contribution in [2.45, 2.75) is 0 Å². The van der Waals surface area contributed by atoms with Gasteiger partial charge in [0.15, 0.2) is 5.82 Å². The quantitative estimate of drug-likeness (QED) is 0.185. The van der Waals surface area contributed by atoms with Gasteiger partial charge in [0.05, 0.1) is 26.9 Å². The number of benzene rings is 7. The number of thiophene rings is 1. The van der Waals surface area contributed by atoms with E-state index in [0.717, 1.165) is 38.2 Å². The molecule has 234 valence electrons. The van der Waals surface area contributed by atoms with Gasteiger partial charge in [0.1, 0.15) is 0 Å². The fraction of sp³-hybridized carbons (Fsp3) is 0. The van der Waals surface area contributed by atoms with Crippen LogP contribution in [-0.4, -0.2) is 14.5 Å². The minimum absolute atomic E-state index is 0.746. The van der Waals surface area contributed by atoms with Gasteiger partial charge in [0.2, 0.25) is 0 Å². The maximum absolute atomic E-state index is 5.17. The molecule has 0 aliphatic carbocycles. The molecule has 10 aromatic rings. The monoisotopic (exact) mass is 655 g/mol. The molecule has 0 unspecified atom stereocenters. The second-order valence-corrected chi connectivity index (χ2v) is 13.7. The molecule has 0 fully saturated rings. The lowest BCUT2D eigenvalue weighted by Crippen LogP contribution is -1.93. The molecule has 0 atom stereocenters. The SMILES string of the molecule is c1ccc(-c2nc(-c3ccccc3)c3sc4ccc(-c5ccc(-c6ccc7c(c6)c6ccccc6n7-c6ccccc6)cc5)cc4c3n2)cc1. The van der Waals surface area contributed by atoms with Crippen molar-refractivity contribution in [3.05, 3.63) is 176 Å². The Morgan fingerprint density at radius 1 is 0.400 bits per heavy atom. The normalized spacial score (nSPS) is 11.6. The number of para-hydroxylation sites is 2. The van der Waals surface area contributed by atoms with Crippen LogP contribution in [0.15, 0.2) is 176 Å². The fourth-order valence-electron chi connectivity index (χ4n) is 7.19. The molecule has 0 radical (unpaired) electrons. The summed E-state index contributed by atoms with van der Waals surface area (Å²) in [5, 5.41) is 3.67. The van der Waals surface area contributed by atoms with Crippen molar-refractivity contribution in [3.63, 3.8) is 0 Å². The molecule has 7 aromatic carbocycles. The first kappa shape index (κ1) is 28.6. The summed E-state index contributed by atoms with van der Waals surface area (Å²) in [5.41, 5.74) is 12.4. The highest BCUT2D eigenvalue weighted by Gasteiger charge is 2.18. The Balaban J connectivity index is 1.06. The third kappa shape index (κ3) is 4.73. The van der Waals surface area contributed by atoms with Crippen molar-refractivity contribution in [3.8, 4) is 50.6 Å². The highest BCUT2D eigenvalue weighted by atomic mass is 32.1. The summed E-state index contributed by atoms with van der Waals surface area (Å²) < 4.78 is 4.68. The van der Waals surface area contributed by atoms with Gasteiger partial charge < -0.3 is 4.57 Å². The zero-order chi connectivity index (χ0) is 33.0. The molecule has 3 nitrogen and oxygen atoms in total. The Morgan fingerprint density at radius 2 is 0.960 bits per heavy atom. The maximum atomic E-state index is 5.17. The van der Waals surface area contributed by atoms with Crippen molar-refractivity contribution in [1.82, 2.24) is 14.5 Å². The van der Waals surface area contributed by atoms with Crippen molar-refractivity contribution in [2.75, 3.05) is 0 Å². The van der Waals surface area contributed by atoms with Crippen LogP contribution in [0.25, 0.3) is 92.7 Å². The lowest BCUT2D eigenvalue weighted by molar-refractivity contribution is 1.18. The van der Waals surface area contributed by atoms with E-state index in [4.69, 9.17) is 9.97 Å². The summed E-state index contributed by atoms with van der Waals surface area (Å²) in [6, 6.07) is 62.6. The molecule has 0 saturated carbocycles. The largest absolute Gasteiger partial charge is 0.309 e. The van der Waals surface area contributed by atoms with Crippen molar-refractivity contribution < 1.29 is 0 Å². The third-order valence-electron chi connectivity index (χ3n) is 9.63. The smallest absolute Gasteiger partial charge is 0.160 e. The van der Waals surface area contributed by atoms with E-state index < -0.39 is 0 Å². The number of hydrogen-bond acceptors (Lipinski definition) is 3. The first-order chi connectivity index (χ1) is 24.8. The first-order valence-electron chi connectivity index (χ1n) is 16.8. The van der Waals surface area contributed by atoms with E-state index in [9.17, 15) is 0 Å². The number of fused-ring (bicyclic) bond motifs is 6. The molecule has 0 spiro atoms. The Morgan fingerprint density at radius 3 is 1.68 bits per heavy atom. The van der Waals surface area contributed by atoms with Crippen LogP contribution in [0.3, 0.4) is 0 Å². The van der Waals surface area contributed by atoms with Crippen LogP contribution in [0.2, 0.25) is 0 Å². The lowest BCUT2D eigenvalue weighted by Gasteiger charge is -2.09. The first-order valence-corrected chi connectivity index (χ1v) is 17.6. The van der Waals surface area contributed by atoms with Gasteiger partial charge >= 0.3 is 0 Å². The molecule has 0 bridgehead atoms. The van der Waals surface area contributed by atoms with Crippen LogP contribution >= 0.6 is 11.3 Å². The Bertz CT molecular complexity index is 2840. The van der Waals surface area contributed by atoms with E-state index in [0.29, 0.717) is 0 Å². The van der Waals surface area contributed by atoms with E-state index in [1.807, 2.05) is 24.3 Å². The van der Waals surface area contributed by atoms with Crippen molar-refractivity contribution in [1.29, 1.82) is 0 Å². The maximum Gasteiger partial charge on any atom is 0.160 e. The molecule has 0 N–H and O–H groups in total. The van der Waals surface area contributed by atoms with Gasteiger partial charge in [-0.1, -0.05) is 133 Å². The highest BCUT2D eigenvalue weighted by molar-refractivity contribution is 7.26. The number of hydrogen-bond donors (Lipinski definition) is 0. The number of rotatable bonds is 5. The van der Waals surface area contributed by atoms with E-state index in [2.05, 4.69) is 156 Å². The third-order valence-corrected chi connectivity index (χ3v) is 10.8. The average Bonchev–Trinajstić information content (AvgIpc) is 3.73. The summed E-state index contributed by atoms with van der Waals surface area (Å²) in [6.07, 6.45) is 0. The second-order valence-electron chi connectivity index (χ2n) is 12.6. The topological polar surface area (TPSA) is 30.7 Å². The molecule has 0 amide bonds. The zero-order valence-corrected chi connectivity index (χ0v) is 27.8.